The number of piperidine rings is 1. The van der Waals surface area contributed by atoms with Gasteiger partial charge in [0.2, 0.25) is 5.91 Å². The number of rotatable bonds is 5. The van der Waals surface area contributed by atoms with Crippen LogP contribution in [0.25, 0.3) is 0 Å². The number of primary amides is 1. The molecule has 0 aromatic carbocycles. The lowest BCUT2D eigenvalue weighted by Crippen LogP contribution is -2.53. The van der Waals surface area contributed by atoms with Crippen LogP contribution in [0.2, 0.25) is 0 Å². The van der Waals surface area contributed by atoms with Crippen molar-refractivity contribution >= 4 is 18.0 Å². The van der Waals surface area contributed by atoms with Gasteiger partial charge in [-0.1, -0.05) is 19.3 Å². The Morgan fingerprint density at radius 3 is 2.70 bits per heavy atom. The summed E-state index contributed by atoms with van der Waals surface area (Å²) < 4.78 is 5.54. The number of carbonyl (C=O) groups excluding carboxylic acids is 3. The van der Waals surface area contributed by atoms with Crippen molar-refractivity contribution in [3.8, 4) is 0 Å². The molecule has 6 nitrogen and oxygen atoms in total. The molecule has 23 heavy (non-hydrogen) atoms. The zero-order valence-corrected chi connectivity index (χ0v) is 13.5. The second kappa shape index (κ2) is 6.69. The van der Waals surface area contributed by atoms with Crippen LogP contribution >= 0.6 is 0 Å². The van der Waals surface area contributed by atoms with Gasteiger partial charge in [-0.2, -0.15) is 0 Å². The molecule has 1 amide bonds. The summed E-state index contributed by atoms with van der Waals surface area (Å²) in [5, 5.41) is 0. The van der Waals surface area contributed by atoms with E-state index in [-0.39, 0.29) is 30.4 Å². The van der Waals surface area contributed by atoms with Gasteiger partial charge in [-0.25, -0.2) is 0 Å². The molecular formula is C17H25N2O4. The molecule has 0 aromatic heterocycles. The average molecular weight is 321 g/mol. The predicted molar refractivity (Wildman–Crippen MR) is 83.1 cm³/mol. The van der Waals surface area contributed by atoms with Gasteiger partial charge in [0.1, 0.15) is 18.9 Å². The Hall–Kier alpha value is -1.27. The van der Waals surface area contributed by atoms with E-state index in [0.717, 1.165) is 51.2 Å². The first-order chi connectivity index (χ1) is 11.1. The summed E-state index contributed by atoms with van der Waals surface area (Å²) in [6.45, 7) is 0.790. The molecule has 3 aliphatic rings. The van der Waals surface area contributed by atoms with Crippen LogP contribution in [-0.2, 0) is 19.1 Å². The van der Waals surface area contributed by atoms with Gasteiger partial charge in [-0.15, -0.1) is 0 Å². The van der Waals surface area contributed by atoms with Gasteiger partial charge in [0.15, 0.2) is 5.78 Å². The number of fused-ring (bicyclic) bond motifs is 1. The number of ether oxygens (including phenoxy) is 1. The van der Waals surface area contributed by atoms with E-state index in [1.165, 1.54) is 0 Å². The highest BCUT2D eigenvalue weighted by Gasteiger charge is 2.48. The van der Waals surface area contributed by atoms with Crippen molar-refractivity contribution in [2.24, 2.45) is 11.1 Å². The Bertz CT molecular complexity index is 487. The molecule has 3 rings (SSSR count). The largest absolute Gasteiger partial charge is 0.369 e. The number of Topliss-reactive ketones (excluding diaryl/α,β-unsaturated/α-hetero) is 1. The second-order valence-electron chi connectivity index (χ2n) is 7.09. The van der Waals surface area contributed by atoms with E-state index in [0.29, 0.717) is 19.0 Å². The fourth-order valence-corrected chi connectivity index (χ4v) is 4.41. The second-order valence-corrected chi connectivity index (χ2v) is 7.09. The molecular weight excluding hydrogens is 296 g/mol. The van der Waals surface area contributed by atoms with E-state index in [2.05, 4.69) is 0 Å². The summed E-state index contributed by atoms with van der Waals surface area (Å²) in [6, 6.07) is 0.178. The summed E-state index contributed by atoms with van der Waals surface area (Å²) in [6.07, 6.45) is 7.25. The number of likely N-dealkylation sites (tertiary alicyclic amines) is 1. The average Bonchev–Trinajstić information content (AvgIpc) is 2.95. The predicted octanol–water partition coefficient (Wildman–Crippen LogP) is 0.975. The summed E-state index contributed by atoms with van der Waals surface area (Å²) in [7, 11) is 0. The molecule has 2 unspecified atom stereocenters. The maximum absolute atomic E-state index is 12.2. The van der Waals surface area contributed by atoms with Crippen molar-refractivity contribution in [1.29, 1.82) is 0 Å². The van der Waals surface area contributed by atoms with Crippen LogP contribution in [0.1, 0.15) is 51.4 Å². The van der Waals surface area contributed by atoms with Gasteiger partial charge in [-0.05, 0) is 32.1 Å². The van der Waals surface area contributed by atoms with Crippen LogP contribution in [0.3, 0.4) is 0 Å². The maximum atomic E-state index is 12.2. The van der Waals surface area contributed by atoms with Gasteiger partial charge >= 0.3 is 0 Å². The Labute approximate surface area is 136 Å². The van der Waals surface area contributed by atoms with Crippen molar-refractivity contribution in [3.05, 3.63) is 6.04 Å². The first-order valence-electron chi connectivity index (χ1n) is 8.59. The summed E-state index contributed by atoms with van der Waals surface area (Å²) in [5.74, 6) is -0.287. The Morgan fingerprint density at radius 2 is 2.04 bits per heavy atom. The minimum absolute atomic E-state index is 0.0332. The topological polar surface area (TPSA) is 89.7 Å². The smallest absolute Gasteiger partial charge is 0.223 e. The van der Waals surface area contributed by atoms with Crippen molar-refractivity contribution in [2.75, 3.05) is 13.2 Å². The molecule has 2 N–H and O–H groups in total. The van der Waals surface area contributed by atoms with Crippen LogP contribution in [0.15, 0.2) is 0 Å². The van der Waals surface area contributed by atoms with Crippen molar-refractivity contribution < 1.29 is 19.1 Å². The highest BCUT2D eigenvalue weighted by Crippen LogP contribution is 2.43. The molecule has 2 aliphatic heterocycles. The van der Waals surface area contributed by atoms with E-state index in [1.807, 2.05) is 4.90 Å². The van der Waals surface area contributed by atoms with E-state index in [9.17, 15) is 14.4 Å². The Balaban J connectivity index is 1.79. The highest BCUT2D eigenvalue weighted by molar-refractivity contribution is 5.89. The number of hydrogen-bond donors (Lipinski definition) is 1. The quantitative estimate of drug-likeness (QED) is 0.762. The molecule has 127 valence electrons. The van der Waals surface area contributed by atoms with Gasteiger partial charge < -0.3 is 15.3 Å². The first-order valence-corrected chi connectivity index (χ1v) is 8.59. The molecule has 0 bridgehead atoms. The maximum Gasteiger partial charge on any atom is 0.223 e. The minimum Gasteiger partial charge on any atom is -0.369 e. The number of carbonyl (C=O) groups is 3. The molecule has 0 aromatic rings. The number of aldehydes is 1. The molecule has 6 heteroatoms. The van der Waals surface area contributed by atoms with Crippen LogP contribution in [0.4, 0.5) is 0 Å². The lowest BCUT2D eigenvalue weighted by Gasteiger charge is -2.42. The molecule has 2 atom stereocenters. The van der Waals surface area contributed by atoms with Gasteiger partial charge in [0.25, 0.3) is 0 Å². The number of hydrogen-bond acceptors (Lipinski definition) is 5. The number of nitrogens with zero attached hydrogens (tertiary/aromatic N) is 1. The zero-order chi connectivity index (χ0) is 16.4. The fourth-order valence-electron chi connectivity index (χ4n) is 4.41. The SMILES string of the molecule is NC(=O)C1(C[C](C=O)N2CCCC3OCC(=O)C32)CCCCC1. The number of ketones is 1. The van der Waals surface area contributed by atoms with Crippen LogP contribution < -0.4 is 5.73 Å². The van der Waals surface area contributed by atoms with Crippen molar-refractivity contribution in [1.82, 2.24) is 4.90 Å². The van der Waals surface area contributed by atoms with Crippen LogP contribution in [0.5, 0.6) is 0 Å². The van der Waals surface area contributed by atoms with E-state index in [1.54, 1.807) is 0 Å². The number of amides is 1. The zero-order valence-electron chi connectivity index (χ0n) is 13.5. The van der Waals surface area contributed by atoms with E-state index < -0.39 is 5.41 Å². The fraction of sp³-hybridized carbons (Fsp3) is 0.765. The summed E-state index contributed by atoms with van der Waals surface area (Å²) >= 11 is 0. The van der Waals surface area contributed by atoms with Crippen molar-refractivity contribution in [2.45, 2.75) is 63.5 Å². The van der Waals surface area contributed by atoms with Gasteiger partial charge in [0.05, 0.1) is 17.6 Å². The monoisotopic (exact) mass is 321 g/mol. The standard InChI is InChI=1S/C17H25N2O4/c18-16(22)17(6-2-1-3-7-17)9-12(10-20)19-8-4-5-14-15(19)13(21)11-23-14/h10,14-15H,1-9,11H2,(H2,18,22). The molecule has 1 aliphatic carbocycles. The minimum atomic E-state index is -0.635. The molecule has 2 heterocycles. The van der Waals surface area contributed by atoms with Crippen LogP contribution in [-0.4, -0.2) is 48.2 Å². The van der Waals surface area contributed by atoms with Crippen LogP contribution in [0, 0.1) is 11.5 Å². The molecule has 0 spiro atoms. The van der Waals surface area contributed by atoms with E-state index in [4.69, 9.17) is 10.5 Å². The lowest BCUT2D eigenvalue weighted by molar-refractivity contribution is -0.131. The first kappa shape index (κ1) is 16.6. The molecule has 1 radical (unpaired) electrons. The Kier molecular flexibility index (Phi) is 4.82. The normalized spacial score (nSPS) is 31.1. The number of nitrogens with two attached hydrogens (primary N) is 1. The molecule has 3 fully saturated rings. The highest BCUT2D eigenvalue weighted by atomic mass is 16.5. The van der Waals surface area contributed by atoms with Crippen molar-refractivity contribution in [3.63, 3.8) is 0 Å². The summed E-state index contributed by atoms with van der Waals surface area (Å²) in [5.41, 5.74) is 5.06. The third-order valence-electron chi connectivity index (χ3n) is 5.70. The third kappa shape index (κ3) is 3.06. The van der Waals surface area contributed by atoms with Gasteiger partial charge in [-0.3, -0.25) is 14.5 Å². The summed E-state index contributed by atoms with van der Waals surface area (Å²) in [4.78, 5) is 37.9. The third-order valence-corrected chi connectivity index (χ3v) is 5.70. The lowest BCUT2D eigenvalue weighted by atomic mass is 9.69. The molecule has 1 saturated carbocycles. The Morgan fingerprint density at radius 1 is 1.30 bits per heavy atom. The molecule has 2 saturated heterocycles. The van der Waals surface area contributed by atoms with E-state index >= 15 is 0 Å². The van der Waals surface area contributed by atoms with Gasteiger partial charge in [0, 0.05) is 6.54 Å².